The van der Waals surface area contributed by atoms with Crippen LogP contribution in [0.4, 0.5) is 0 Å². The van der Waals surface area contributed by atoms with Crippen LogP contribution >= 0.6 is 0 Å². The highest BCUT2D eigenvalue weighted by molar-refractivity contribution is 4.96. The standard InChI is InChI=1S/C8H13NO2/c9-6-5-8(11)4-2-1-3-7(8)10/h7,10-11H,1-5H2/t7-,8-/m1/s1. The maximum Gasteiger partial charge on any atom is 0.103 e. The fourth-order valence-corrected chi connectivity index (χ4v) is 1.55. The molecule has 2 atom stereocenters. The summed E-state index contributed by atoms with van der Waals surface area (Å²) in [7, 11) is 0. The highest BCUT2D eigenvalue weighted by Crippen LogP contribution is 2.30. The lowest BCUT2D eigenvalue weighted by molar-refractivity contribution is -0.0961. The first-order valence-corrected chi connectivity index (χ1v) is 3.96. The first-order chi connectivity index (χ1) is 5.19. The van der Waals surface area contributed by atoms with E-state index in [1.807, 2.05) is 6.07 Å². The van der Waals surface area contributed by atoms with Crippen LogP contribution < -0.4 is 0 Å². The average Bonchev–Trinajstić information content (AvgIpc) is 1.96. The summed E-state index contributed by atoms with van der Waals surface area (Å²) in [4.78, 5) is 0. The molecule has 62 valence electrons. The molecule has 0 bridgehead atoms. The third kappa shape index (κ3) is 1.70. The Morgan fingerprint density at radius 2 is 2.27 bits per heavy atom. The number of hydrogen-bond acceptors (Lipinski definition) is 3. The Bertz CT molecular complexity index is 175. The van der Waals surface area contributed by atoms with E-state index in [4.69, 9.17) is 5.26 Å². The van der Waals surface area contributed by atoms with Crippen LogP contribution in [0, 0.1) is 11.3 Å². The summed E-state index contributed by atoms with van der Waals surface area (Å²) in [5.74, 6) is 0. The van der Waals surface area contributed by atoms with Crippen molar-refractivity contribution in [2.24, 2.45) is 0 Å². The number of nitrogens with zero attached hydrogens (tertiary/aromatic N) is 1. The Labute approximate surface area is 66.3 Å². The fourth-order valence-electron chi connectivity index (χ4n) is 1.55. The minimum Gasteiger partial charge on any atom is -0.390 e. The molecule has 1 aliphatic carbocycles. The molecule has 1 rings (SSSR count). The zero-order valence-corrected chi connectivity index (χ0v) is 6.45. The van der Waals surface area contributed by atoms with Gasteiger partial charge in [0.05, 0.1) is 18.6 Å². The van der Waals surface area contributed by atoms with Crippen molar-refractivity contribution in [2.75, 3.05) is 0 Å². The van der Waals surface area contributed by atoms with Crippen molar-refractivity contribution >= 4 is 0 Å². The van der Waals surface area contributed by atoms with E-state index in [-0.39, 0.29) is 6.42 Å². The van der Waals surface area contributed by atoms with Gasteiger partial charge >= 0.3 is 0 Å². The molecular formula is C8H13NO2. The Hall–Kier alpha value is -0.590. The quantitative estimate of drug-likeness (QED) is 0.581. The van der Waals surface area contributed by atoms with E-state index in [9.17, 15) is 10.2 Å². The lowest BCUT2D eigenvalue weighted by Gasteiger charge is -2.34. The molecule has 3 heteroatoms. The minimum absolute atomic E-state index is 0.0498. The van der Waals surface area contributed by atoms with Gasteiger partial charge in [0.15, 0.2) is 0 Å². The first-order valence-electron chi connectivity index (χ1n) is 3.96. The summed E-state index contributed by atoms with van der Waals surface area (Å²) in [6, 6.07) is 1.90. The summed E-state index contributed by atoms with van der Waals surface area (Å²) in [6.07, 6.45) is 2.40. The molecule has 3 nitrogen and oxygen atoms in total. The van der Waals surface area contributed by atoms with Gasteiger partial charge in [0.1, 0.15) is 5.60 Å². The predicted octanol–water partition coefficient (Wildman–Crippen LogP) is 0.566. The van der Waals surface area contributed by atoms with E-state index >= 15 is 0 Å². The third-order valence-corrected chi connectivity index (χ3v) is 2.34. The highest BCUT2D eigenvalue weighted by Gasteiger charge is 2.37. The van der Waals surface area contributed by atoms with Gasteiger partial charge in [-0.15, -0.1) is 0 Å². The highest BCUT2D eigenvalue weighted by atomic mass is 16.3. The van der Waals surface area contributed by atoms with Gasteiger partial charge < -0.3 is 10.2 Å². The second-order valence-corrected chi connectivity index (χ2v) is 3.20. The Kier molecular flexibility index (Phi) is 2.48. The number of aliphatic hydroxyl groups excluding tert-OH is 1. The van der Waals surface area contributed by atoms with Crippen LogP contribution in [0.1, 0.15) is 32.1 Å². The molecule has 0 unspecified atom stereocenters. The number of hydrogen-bond donors (Lipinski definition) is 2. The molecule has 0 heterocycles. The van der Waals surface area contributed by atoms with E-state index in [0.29, 0.717) is 12.8 Å². The van der Waals surface area contributed by atoms with Crippen LogP contribution in [0.2, 0.25) is 0 Å². The lowest BCUT2D eigenvalue weighted by atomic mass is 9.80. The molecule has 0 amide bonds. The SMILES string of the molecule is N#CC[C@]1(O)CCCC[C@H]1O. The second kappa shape index (κ2) is 3.21. The maximum atomic E-state index is 9.67. The molecule has 1 fully saturated rings. The summed E-state index contributed by atoms with van der Waals surface area (Å²) in [6.45, 7) is 0. The average molecular weight is 155 g/mol. The van der Waals surface area contributed by atoms with Gasteiger partial charge in [0.2, 0.25) is 0 Å². The smallest absolute Gasteiger partial charge is 0.103 e. The van der Waals surface area contributed by atoms with Crippen LogP contribution in [-0.2, 0) is 0 Å². The van der Waals surface area contributed by atoms with E-state index in [1.54, 1.807) is 0 Å². The van der Waals surface area contributed by atoms with Crippen LogP contribution in [-0.4, -0.2) is 21.9 Å². The molecule has 0 saturated heterocycles. The molecule has 0 aliphatic heterocycles. The minimum atomic E-state index is -1.12. The lowest BCUT2D eigenvalue weighted by Crippen LogP contribution is -2.44. The number of rotatable bonds is 1. The maximum absolute atomic E-state index is 9.67. The molecule has 0 aromatic heterocycles. The molecular weight excluding hydrogens is 142 g/mol. The van der Waals surface area contributed by atoms with Gasteiger partial charge in [0.25, 0.3) is 0 Å². The van der Waals surface area contributed by atoms with Crippen LogP contribution in [0.25, 0.3) is 0 Å². The largest absolute Gasteiger partial charge is 0.390 e. The van der Waals surface area contributed by atoms with Gasteiger partial charge in [-0.3, -0.25) is 0 Å². The predicted molar refractivity (Wildman–Crippen MR) is 39.7 cm³/mol. The van der Waals surface area contributed by atoms with Crippen LogP contribution in [0.3, 0.4) is 0 Å². The molecule has 0 spiro atoms. The van der Waals surface area contributed by atoms with E-state index in [1.165, 1.54) is 0 Å². The summed E-state index contributed by atoms with van der Waals surface area (Å²) in [5.41, 5.74) is -1.12. The van der Waals surface area contributed by atoms with Crippen molar-refractivity contribution in [1.29, 1.82) is 5.26 Å². The zero-order valence-electron chi connectivity index (χ0n) is 6.45. The molecule has 2 N–H and O–H groups in total. The molecule has 0 aromatic rings. The monoisotopic (exact) mass is 155 g/mol. The van der Waals surface area contributed by atoms with Crippen molar-refractivity contribution < 1.29 is 10.2 Å². The van der Waals surface area contributed by atoms with E-state index in [2.05, 4.69) is 0 Å². The van der Waals surface area contributed by atoms with Gasteiger partial charge in [-0.2, -0.15) is 5.26 Å². The molecule has 0 radical (unpaired) electrons. The Balaban J connectivity index is 2.58. The fraction of sp³-hybridized carbons (Fsp3) is 0.875. The number of nitriles is 1. The van der Waals surface area contributed by atoms with Crippen molar-refractivity contribution in [2.45, 2.75) is 43.8 Å². The Morgan fingerprint density at radius 1 is 1.55 bits per heavy atom. The Morgan fingerprint density at radius 3 is 2.82 bits per heavy atom. The second-order valence-electron chi connectivity index (χ2n) is 3.20. The van der Waals surface area contributed by atoms with Crippen molar-refractivity contribution in [3.63, 3.8) is 0 Å². The first kappa shape index (κ1) is 8.51. The van der Waals surface area contributed by atoms with Crippen LogP contribution in [0.5, 0.6) is 0 Å². The van der Waals surface area contributed by atoms with Crippen molar-refractivity contribution in [1.82, 2.24) is 0 Å². The van der Waals surface area contributed by atoms with Crippen molar-refractivity contribution in [3.05, 3.63) is 0 Å². The van der Waals surface area contributed by atoms with Gasteiger partial charge in [-0.25, -0.2) is 0 Å². The van der Waals surface area contributed by atoms with Gasteiger partial charge in [0, 0.05) is 0 Å². The third-order valence-electron chi connectivity index (χ3n) is 2.34. The zero-order chi connectivity index (χ0) is 8.32. The molecule has 0 aromatic carbocycles. The summed E-state index contributed by atoms with van der Waals surface area (Å²) >= 11 is 0. The van der Waals surface area contributed by atoms with Gasteiger partial charge in [-0.05, 0) is 12.8 Å². The molecule has 1 saturated carbocycles. The van der Waals surface area contributed by atoms with Crippen molar-refractivity contribution in [3.8, 4) is 6.07 Å². The normalized spacial score (nSPS) is 38.1. The number of aliphatic hydroxyl groups is 2. The molecule has 11 heavy (non-hydrogen) atoms. The van der Waals surface area contributed by atoms with Gasteiger partial charge in [-0.1, -0.05) is 12.8 Å². The van der Waals surface area contributed by atoms with Crippen LogP contribution in [0.15, 0.2) is 0 Å². The summed E-state index contributed by atoms with van der Waals surface area (Å²) in [5, 5.41) is 27.4. The van der Waals surface area contributed by atoms with E-state index in [0.717, 1.165) is 12.8 Å². The topological polar surface area (TPSA) is 64.2 Å². The van der Waals surface area contributed by atoms with E-state index < -0.39 is 11.7 Å². The summed E-state index contributed by atoms with van der Waals surface area (Å²) < 4.78 is 0. The molecule has 1 aliphatic rings.